The Morgan fingerprint density at radius 3 is 2.55 bits per heavy atom. The highest BCUT2D eigenvalue weighted by atomic mass is 16.3. The number of aromatic amines is 2. The third-order valence-corrected chi connectivity index (χ3v) is 4.94. The Morgan fingerprint density at radius 2 is 1.90 bits per heavy atom. The largest absolute Gasteiger partial charge is 0.493 e. The lowest BCUT2D eigenvalue weighted by atomic mass is 9.82. The third-order valence-electron chi connectivity index (χ3n) is 4.94. The summed E-state index contributed by atoms with van der Waals surface area (Å²) in [7, 11) is 0. The van der Waals surface area contributed by atoms with Crippen molar-refractivity contribution in [3.05, 3.63) is 80.0 Å². The molecule has 0 aliphatic carbocycles. The predicted octanol–water partition coefficient (Wildman–Crippen LogP) is 4.12. The van der Waals surface area contributed by atoms with Crippen molar-refractivity contribution in [3.8, 4) is 5.88 Å². The van der Waals surface area contributed by atoms with Crippen molar-refractivity contribution in [1.82, 2.24) is 9.97 Å². The first-order chi connectivity index (χ1) is 13.6. The molecule has 0 atom stereocenters. The molecule has 0 radical (unpaired) electrons. The van der Waals surface area contributed by atoms with E-state index in [0.717, 1.165) is 34.5 Å². The van der Waals surface area contributed by atoms with Crippen LogP contribution in [0.15, 0.2) is 57.1 Å². The van der Waals surface area contributed by atoms with Gasteiger partial charge >= 0.3 is 11.1 Å². The Labute approximate surface area is 169 Å². The van der Waals surface area contributed by atoms with Crippen LogP contribution in [0.1, 0.15) is 44.5 Å². The normalized spacial score (nSPS) is 14.5. The van der Waals surface area contributed by atoms with E-state index in [1.807, 2.05) is 38.1 Å². The van der Waals surface area contributed by atoms with Crippen molar-refractivity contribution < 1.29 is 5.11 Å². The smallest absolute Gasteiger partial charge is 0.316 e. The van der Waals surface area contributed by atoms with Gasteiger partial charge in [0, 0.05) is 16.6 Å². The Morgan fingerprint density at radius 1 is 1.21 bits per heavy atom. The van der Waals surface area contributed by atoms with Crippen LogP contribution in [-0.2, 0) is 6.42 Å². The predicted molar refractivity (Wildman–Crippen MR) is 118 cm³/mol. The van der Waals surface area contributed by atoms with Crippen LogP contribution in [0.4, 0.5) is 5.69 Å². The van der Waals surface area contributed by atoms with Crippen molar-refractivity contribution in [3.63, 3.8) is 0 Å². The number of hydrogen-bond acceptors (Lipinski definition) is 4. The molecule has 1 aliphatic heterocycles. The third kappa shape index (κ3) is 4.06. The molecule has 2 heterocycles. The van der Waals surface area contributed by atoms with Gasteiger partial charge in [-0.15, -0.1) is 6.58 Å². The maximum atomic E-state index is 11.7. The summed E-state index contributed by atoms with van der Waals surface area (Å²) in [4.78, 5) is 32.6. The maximum absolute atomic E-state index is 11.7. The molecule has 0 saturated heterocycles. The number of hydrogen-bond donors (Lipinski definition) is 3. The molecule has 1 aliphatic rings. The molecular weight excluding hydrogens is 366 g/mol. The van der Waals surface area contributed by atoms with E-state index in [9.17, 15) is 14.7 Å². The fraction of sp³-hybridized carbons (Fsp3) is 0.261. The summed E-state index contributed by atoms with van der Waals surface area (Å²) in [6.45, 7) is 12.0. The molecule has 29 heavy (non-hydrogen) atoms. The van der Waals surface area contributed by atoms with Crippen LogP contribution in [0.3, 0.4) is 0 Å². The average molecular weight is 391 g/mol. The van der Waals surface area contributed by atoms with E-state index in [-0.39, 0.29) is 5.69 Å². The van der Waals surface area contributed by atoms with Crippen molar-refractivity contribution in [1.29, 1.82) is 0 Å². The topological polar surface area (TPSA) is 98.3 Å². The van der Waals surface area contributed by atoms with Gasteiger partial charge in [-0.05, 0) is 38.0 Å². The second-order valence-electron chi connectivity index (χ2n) is 7.95. The van der Waals surface area contributed by atoms with E-state index in [0.29, 0.717) is 0 Å². The van der Waals surface area contributed by atoms with Gasteiger partial charge in [-0.1, -0.05) is 43.7 Å². The monoisotopic (exact) mass is 391 g/mol. The van der Waals surface area contributed by atoms with Gasteiger partial charge in [0.15, 0.2) is 0 Å². The number of nitrogens with one attached hydrogen (secondary N) is 2. The molecule has 0 saturated carbocycles. The first-order valence-corrected chi connectivity index (χ1v) is 9.39. The number of allylic oxidation sites excluding steroid dienone is 4. The highest BCUT2D eigenvalue weighted by Gasteiger charge is 2.31. The average Bonchev–Trinajstić information content (AvgIpc) is 3.03. The maximum Gasteiger partial charge on any atom is 0.316 e. The molecule has 6 heteroatoms. The fourth-order valence-electron chi connectivity index (χ4n) is 3.11. The zero-order chi connectivity index (χ0) is 21.3. The number of aromatic nitrogens is 2. The summed E-state index contributed by atoms with van der Waals surface area (Å²) in [6, 6.07) is 6.08. The molecule has 0 amide bonds. The van der Waals surface area contributed by atoms with Gasteiger partial charge in [0.25, 0.3) is 0 Å². The van der Waals surface area contributed by atoms with E-state index in [1.54, 1.807) is 6.08 Å². The van der Waals surface area contributed by atoms with E-state index in [4.69, 9.17) is 4.99 Å². The van der Waals surface area contributed by atoms with E-state index in [2.05, 4.69) is 36.5 Å². The molecule has 0 unspecified atom stereocenters. The van der Waals surface area contributed by atoms with E-state index < -0.39 is 22.4 Å². The minimum atomic E-state index is -0.902. The SMILES string of the molecule is C=CC(C)(C)C1=Nc2cc(CC=C(C)C)ccc2C1=Cc1[nH]c(=O)c(=O)[nH]c1O. The minimum Gasteiger partial charge on any atom is -0.493 e. The summed E-state index contributed by atoms with van der Waals surface area (Å²) in [5.41, 5.74) is 3.60. The van der Waals surface area contributed by atoms with E-state index in [1.165, 1.54) is 5.57 Å². The lowest BCUT2D eigenvalue weighted by Gasteiger charge is -2.21. The van der Waals surface area contributed by atoms with Crippen molar-refractivity contribution >= 4 is 23.0 Å². The molecule has 3 N–H and O–H groups in total. The Kier molecular flexibility index (Phi) is 5.29. The molecule has 6 nitrogen and oxygen atoms in total. The van der Waals surface area contributed by atoms with Crippen molar-refractivity contribution in [2.24, 2.45) is 10.4 Å². The first-order valence-electron chi connectivity index (χ1n) is 9.39. The lowest BCUT2D eigenvalue weighted by molar-refractivity contribution is 0.446. The second kappa shape index (κ2) is 7.54. The van der Waals surface area contributed by atoms with Crippen LogP contribution in [-0.4, -0.2) is 20.8 Å². The Hall–Kier alpha value is -3.41. The quantitative estimate of drug-likeness (QED) is 0.528. The molecule has 0 fully saturated rings. The number of fused-ring (bicyclic) bond motifs is 1. The zero-order valence-electron chi connectivity index (χ0n) is 17.1. The minimum absolute atomic E-state index is 0.124. The Bertz CT molecular complexity index is 1190. The highest BCUT2D eigenvalue weighted by molar-refractivity contribution is 6.34. The van der Waals surface area contributed by atoms with Gasteiger partial charge in [0.05, 0.1) is 11.4 Å². The van der Waals surface area contributed by atoms with Gasteiger partial charge < -0.3 is 10.1 Å². The number of rotatable bonds is 5. The highest BCUT2D eigenvalue weighted by Crippen LogP contribution is 2.42. The summed E-state index contributed by atoms with van der Waals surface area (Å²) in [6.07, 6.45) is 6.43. The second-order valence-corrected chi connectivity index (χ2v) is 7.95. The number of aromatic hydroxyl groups is 1. The standard InChI is InChI=1S/C23H25N3O3/c1-6-23(4,5)19-16(12-18-20(27)26-22(29)21(28)25-18)15-10-9-14(8-7-13(2)3)11-17(15)24-19/h6-7,9-12H,1,8H2,2-5H3,(H,25,28)(H2,26,27,29). The van der Waals surface area contributed by atoms with Crippen LogP contribution in [0, 0.1) is 5.41 Å². The zero-order valence-corrected chi connectivity index (χ0v) is 17.1. The number of aliphatic imine (C=N–C) groups is 1. The van der Waals surface area contributed by atoms with Gasteiger partial charge in [-0.25, -0.2) is 0 Å². The van der Waals surface area contributed by atoms with Crippen LogP contribution in [0.5, 0.6) is 5.88 Å². The first kappa shape index (κ1) is 20.3. The molecular formula is C23H25N3O3. The molecule has 1 aromatic carbocycles. The van der Waals surface area contributed by atoms with Crippen LogP contribution in [0.2, 0.25) is 0 Å². The molecule has 3 rings (SSSR count). The van der Waals surface area contributed by atoms with Gasteiger partial charge in [-0.2, -0.15) is 0 Å². The fourth-order valence-corrected chi connectivity index (χ4v) is 3.11. The summed E-state index contributed by atoms with van der Waals surface area (Å²) >= 11 is 0. The van der Waals surface area contributed by atoms with Crippen molar-refractivity contribution in [2.45, 2.75) is 34.1 Å². The molecule has 0 bridgehead atoms. The van der Waals surface area contributed by atoms with Gasteiger partial charge in [0.2, 0.25) is 5.88 Å². The number of H-pyrrole nitrogens is 2. The molecule has 0 spiro atoms. The summed E-state index contributed by atoms with van der Waals surface area (Å²) in [5, 5.41) is 10.1. The van der Waals surface area contributed by atoms with Crippen LogP contribution >= 0.6 is 0 Å². The lowest BCUT2D eigenvalue weighted by Crippen LogP contribution is -2.29. The number of benzene rings is 1. The molecule has 150 valence electrons. The summed E-state index contributed by atoms with van der Waals surface area (Å²) < 4.78 is 0. The van der Waals surface area contributed by atoms with E-state index >= 15 is 0 Å². The molecule has 1 aromatic heterocycles. The molecule has 2 aromatic rings. The number of nitrogens with zero attached hydrogens (tertiary/aromatic N) is 1. The van der Waals surface area contributed by atoms with Gasteiger partial charge in [-0.3, -0.25) is 19.6 Å². The Balaban J connectivity index is 2.18. The summed E-state index contributed by atoms with van der Waals surface area (Å²) in [5.74, 6) is -0.397. The van der Waals surface area contributed by atoms with Crippen LogP contribution < -0.4 is 11.1 Å². The van der Waals surface area contributed by atoms with Crippen molar-refractivity contribution in [2.75, 3.05) is 0 Å². The van der Waals surface area contributed by atoms with Crippen LogP contribution in [0.25, 0.3) is 11.6 Å². The van der Waals surface area contributed by atoms with Gasteiger partial charge in [0.1, 0.15) is 5.69 Å².